The molecule has 214 valence electrons. The Labute approximate surface area is 236 Å². The fraction of sp³-hybridized carbons (Fsp3) is 0.586. The van der Waals surface area contributed by atoms with Crippen LogP contribution in [-0.4, -0.2) is 101 Å². The molecule has 1 spiro atoms. The van der Waals surface area contributed by atoms with Crippen molar-refractivity contribution in [1.29, 1.82) is 0 Å². The van der Waals surface area contributed by atoms with Crippen molar-refractivity contribution in [2.24, 2.45) is 0 Å². The molecule has 4 heterocycles. The molecule has 0 bridgehead atoms. The van der Waals surface area contributed by atoms with Gasteiger partial charge < -0.3 is 29.7 Å². The summed E-state index contributed by atoms with van der Waals surface area (Å²) in [6.45, 7) is 11.0. The number of urea groups is 1. The van der Waals surface area contributed by atoms with Crippen molar-refractivity contribution in [1.82, 2.24) is 24.7 Å². The number of ether oxygens (including phenoxy) is 1. The summed E-state index contributed by atoms with van der Waals surface area (Å²) >= 11 is 0. The van der Waals surface area contributed by atoms with Crippen LogP contribution in [0.1, 0.15) is 45.6 Å². The molecule has 1 aromatic carbocycles. The molecule has 1 N–H and O–H groups in total. The van der Waals surface area contributed by atoms with Crippen LogP contribution in [0.25, 0.3) is 0 Å². The van der Waals surface area contributed by atoms with Gasteiger partial charge in [0.15, 0.2) is 0 Å². The first-order chi connectivity index (χ1) is 19.0. The molecule has 2 saturated heterocycles. The molecular weight excluding hydrogens is 508 g/mol. The Bertz CT molecular complexity index is 1280. The lowest BCUT2D eigenvalue weighted by atomic mass is 9.64. The van der Waals surface area contributed by atoms with Crippen molar-refractivity contribution in [2.75, 3.05) is 61.9 Å². The van der Waals surface area contributed by atoms with Gasteiger partial charge in [-0.3, -0.25) is 4.90 Å². The first kappa shape index (κ1) is 26.6. The minimum atomic E-state index is -0.520. The van der Waals surface area contributed by atoms with E-state index in [2.05, 4.69) is 39.3 Å². The molecule has 0 unspecified atom stereocenters. The summed E-state index contributed by atoms with van der Waals surface area (Å²) in [5.41, 5.74) is 2.32. The maximum absolute atomic E-state index is 13.4. The second-order valence-electron chi connectivity index (χ2n) is 12.6. The van der Waals surface area contributed by atoms with Gasteiger partial charge in [-0.25, -0.2) is 14.6 Å². The lowest BCUT2D eigenvalue weighted by Gasteiger charge is -2.62. The van der Waals surface area contributed by atoms with Gasteiger partial charge in [-0.05, 0) is 71.3 Å². The van der Waals surface area contributed by atoms with Crippen LogP contribution in [0.3, 0.4) is 0 Å². The smallest absolute Gasteiger partial charge is 0.410 e. The number of likely N-dealkylation sites (N-methyl/N-ethyl adjacent to an activating group) is 1. The molecule has 0 radical (unpaired) electrons. The number of nitrogens with zero attached hydrogens (tertiary/aromatic N) is 7. The first-order valence-corrected chi connectivity index (χ1v) is 14.2. The van der Waals surface area contributed by atoms with Crippen molar-refractivity contribution < 1.29 is 14.3 Å². The summed E-state index contributed by atoms with van der Waals surface area (Å²) in [4.78, 5) is 45.4. The highest BCUT2D eigenvalue weighted by atomic mass is 16.6. The summed E-state index contributed by atoms with van der Waals surface area (Å²) in [5.74, 6) is 1.09. The van der Waals surface area contributed by atoms with Gasteiger partial charge in [0.25, 0.3) is 0 Å². The number of rotatable bonds is 4. The fourth-order valence-corrected chi connectivity index (χ4v) is 6.23. The zero-order chi connectivity index (χ0) is 28.2. The second-order valence-corrected chi connectivity index (χ2v) is 12.6. The van der Waals surface area contributed by atoms with Gasteiger partial charge in [-0.1, -0.05) is 0 Å². The summed E-state index contributed by atoms with van der Waals surface area (Å²) in [5, 5.41) is 3.29. The highest BCUT2D eigenvalue weighted by Gasteiger charge is 2.59. The Morgan fingerprint density at radius 3 is 2.38 bits per heavy atom. The number of likely N-dealkylation sites (tertiary alicyclic amines) is 1. The Morgan fingerprint density at radius 2 is 1.75 bits per heavy atom. The van der Waals surface area contributed by atoms with Gasteiger partial charge in [0.05, 0.1) is 12.1 Å². The molecule has 4 aliphatic rings. The third-order valence-electron chi connectivity index (χ3n) is 8.68. The Balaban J connectivity index is 1.08. The lowest BCUT2D eigenvalue weighted by molar-refractivity contribution is -0.108. The zero-order valence-electron chi connectivity index (χ0n) is 24.2. The number of fused-ring (bicyclic) bond motifs is 1. The topological polar surface area (TPSA) is 97.4 Å². The van der Waals surface area contributed by atoms with Crippen molar-refractivity contribution in [3.05, 3.63) is 36.0 Å². The largest absolute Gasteiger partial charge is 0.444 e. The molecule has 6 rings (SSSR count). The maximum atomic E-state index is 13.4. The molecule has 3 amide bonds. The van der Waals surface area contributed by atoms with Gasteiger partial charge in [0.2, 0.25) is 5.95 Å². The normalized spacial score (nSPS) is 24.9. The molecule has 1 saturated carbocycles. The number of benzene rings is 1. The van der Waals surface area contributed by atoms with Gasteiger partial charge >= 0.3 is 12.1 Å². The van der Waals surface area contributed by atoms with Crippen LogP contribution in [-0.2, 0) is 11.3 Å². The van der Waals surface area contributed by atoms with E-state index in [1.165, 1.54) is 5.69 Å². The van der Waals surface area contributed by atoms with Crippen LogP contribution in [0.5, 0.6) is 0 Å². The quantitative estimate of drug-likeness (QED) is 0.615. The van der Waals surface area contributed by atoms with E-state index in [4.69, 9.17) is 9.72 Å². The molecule has 1 aromatic heterocycles. The van der Waals surface area contributed by atoms with Crippen LogP contribution in [0.15, 0.2) is 30.5 Å². The number of hydrogen-bond acceptors (Lipinski definition) is 8. The summed E-state index contributed by atoms with van der Waals surface area (Å²) < 4.78 is 5.60. The van der Waals surface area contributed by atoms with E-state index in [1.807, 2.05) is 48.9 Å². The predicted octanol–water partition coefficient (Wildman–Crippen LogP) is 3.89. The van der Waals surface area contributed by atoms with E-state index >= 15 is 0 Å². The number of anilines is 4. The van der Waals surface area contributed by atoms with Crippen molar-refractivity contribution in [3.63, 3.8) is 0 Å². The van der Waals surface area contributed by atoms with Gasteiger partial charge in [-0.2, -0.15) is 4.98 Å². The van der Waals surface area contributed by atoms with Crippen LogP contribution < -0.4 is 15.1 Å². The molecule has 3 aliphatic heterocycles. The fourth-order valence-electron chi connectivity index (χ4n) is 6.23. The van der Waals surface area contributed by atoms with Crippen LogP contribution in [0.4, 0.5) is 32.7 Å². The summed E-state index contributed by atoms with van der Waals surface area (Å²) in [6, 6.07) is 8.33. The molecular formula is C29H40N8O3. The predicted molar refractivity (Wildman–Crippen MR) is 154 cm³/mol. The molecule has 2 aromatic rings. The number of nitrogens with one attached hydrogen (secondary N) is 1. The molecule has 11 nitrogen and oxygen atoms in total. The van der Waals surface area contributed by atoms with E-state index in [9.17, 15) is 9.59 Å². The average Bonchev–Trinajstić information content (AvgIpc) is 2.86. The Hall–Kier alpha value is -3.60. The highest BCUT2D eigenvalue weighted by Crippen LogP contribution is 2.50. The summed E-state index contributed by atoms with van der Waals surface area (Å²) in [7, 11) is 3.92. The van der Waals surface area contributed by atoms with Crippen LogP contribution in [0, 0.1) is 0 Å². The van der Waals surface area contributed by atoms with Crippen molar-refractivity contribution in [3.8, 4) is 0 Å². The average molecular weight is 549 g/mol. The molecule has 3 fully saturated rings. The standard InChI is InChI=1S/C29H40N8O3/c1-28(2,3)40-27(39)37-11-10-29(37)16-23(17-29)36-19-20-18-30-25(32-24(20)34(5)26(36)38)31-21-6-8-22(9-7-21)35-14-12-33(4)13-15-35/h6-9,18,23H,10-17,19H2,1-5H3,(H,30,31,32). The number of aromatic nitrogens is 2. The number of amides is 3. The Morgan fingerprint density at radius 1 is 1.05 bits per heavy atom. The van der Waals surface area contributed by atoms with Gasteiger partial charge in [0.1, 0.15) is 11.4 Å². The van der Waals surface area contributed by atoms with Crippen LogP contribution in [0.2, 0.25) is 0 Å². The minimum absolute atomic E-state index is 0.0725. The number of carbonyl (C=O) groups is 2. The van der Waals surface area contributed by atoms with Gasteiger partial charge in [0, 0.05) is 68.9 Å². The zero-order valence-corrected chi connectivity index (χ0v) is 24.2. The highest BCUT2D eigenvalue weighted by molar-refractivity contribution is 5.93. The maximum Gasteiger partial charge on any atom is 0.410 e. The molecule has 1 aliphatic carbocycles. The van der Waals surface area contributed by atoms with Gasteiger partial charge in [-0.15, -0.1) is 0 Å². The van der Waals surface area contributed by atoms with Crippen LogP contribution >= 0.6 is 0 Å². The van der Waals surface area contributed by atoms with E-state index in [0.717, 1.165) is 56.7 Å². The lowest BCUT2D eigenvalue weighted by Crippen LogP contribution is -2.73. The number of carbonyl (C=O) groups excluding carboxylic acids is 2. The molecule has 11 heteroatoms. The third kappa shape index (κ3) is 4.91. The van der Waals surface area contributed by atoms with E-state index < -0.39 is 5.60 Å². The van der Waals surface area contributed by atoms with E-state index in [0.29, 0.717) is 24.9 Å². The third-order valence-corrected chi connectivity index (χ3v) is 8.68. The molecule has 40 heavy (non-hydrogen) atoms. The number of hydrogen-bond donors (Lipinski definition) is 1. The summed E-state index contributed by atoms with van der Waals surface area (Å²) in [6.07, 6.45) is 4.04. The SMILES string of the molecule is CN1CCN(c2ccc(Nc3ncc4c(n3)N(C)C(=O)N(C3CC5(CCN5C(=O)OC(C)(C)C)C3)C4)cc2)CC1. The Kier molecular flexibility index (Phi) is 6.52. The van der Waals surface area contributed by atoms with Crippen molar-refractivity contribution in [2.45, 2.75) is 63.8 Å². The van der Waals surface area contributed by atoms with E-state index in [-0.39, 0.29) is 23.7 Å². The molecule has 0 atom stereocenters. The van der Waals surface area contributed by atoms with E-state index in [1.54, 1.807) is 11.9 Å². The number of piperazine rings is 1. The first-order valence-electron chi connectivity index (χ1n) is 14.2. The second kappa shape index (κ2) is 9.79. The van der Waals surface area contributed by atoms with Crippen molar-refractivity contribution >= 4 is 35.3 Å². The minimum Gasteiger partial charge on any atom is -0.444 e. The monoisotopic (exact) mass is 548 g/mol.